The molecule has 1 N–H and O–H groups in total. The van der Waals surface area contributed by atoms with E-state index in [1.807, 2.05) is 11.8 Å². The molecule has 0 radical (unpaired) electrons. The van der Waals surface area contributed by atoms with Crippen molar-refractivity contribution in [1.82, 2.24) is 14.9 Å². The van der Waals surface area contributed by atoms with Gasteiger partial charge in [0.1, 0.15) is 5.82 Å². The van der Waals surface area contributed by atoms with Gasteiger partial charge in [0.05, 0.1) is 15.9 Å². The van der Waals surface area contributed by atoms with Crippen LogP contribution in [0.5, 0.6) is 0 Å². The predicted octanol–water partition coefficient (Wildman–Crippen LogP) is 3.36. The van der Waals surface area contributed by atoms with Crippen LogP contribution >= 0.6 is 15.9 Å². The lowest BCUT2D eigenvalue weighted by atomic mass is 9.96. The molecule has 1 aliphatic rings. The van der Waals surface area contributed by atoms with Gasteiger partial charge < -0.3 is 9.88 Å². The molecule has 3 rings (SSSR count). The van der Waals surface area contributed by atoms with Gasteiger partial charge in [-0.3, -0.25) is 4.79 Å². The van der Waals surface area contributed by atoms with Crippen LogP contribution in [0.15, 0.2) is 18.2 Å². The molecule has 0 aliphatic carbocycles. The van der Waals surface area contributed by atoms with Crippen molar-refractivity contribution in [3.63, 3.8) is 0 Å². The van der Waals surface area contributed by atoms with Crippen molar-refractivity contribution in [3.05, 3.63) is 29.6 Å². The molecule has 1 fully saturated rings. The molecular weight excluding hydrogens is 330 g/mol. The molecule has 4 nitrogen and oxygen atoms in total. The summed E-state index contributed by atoms with van der Waals surface area (Å²) in [5.41, 5.74) is 3.38. The first-order valence-electron chi connectivity index (χ1n) is 7.43. The number of carbonyl (C=O) groups is 1. The van der Waals surface area contributed by atoms with Gasteiger partial charge in [0.15, 0.2) is 0 Å². The minimum atomic E-state index is -0.0942. The fourth-order valence-corrected chi connectivity index (χ4v) is 3.25. The number of carbonyl (C=O) groups excluding carboxylic acids is 1. The number of aryl methyl sites for hydroxylation is 1. The van der Waals surface area contributed by atoms with Crippen LogP contribution in [-0.4, -0.2) is 38.7 Å². The maximum atomic E-state index is 12.0. The van der Waals surface area contributed by atoms with Crippen molar-refractivity contribution < 1.29 is 4.79 Å². The second kappa shape index (κ2) is 5.79. The Bertz CT molecular complexity index is 657. The molecule has 2 aromatic rings. The van der Waals surface area contributed by atoms with Crippen LogP contribution in [0.1, 0.15) is 37.1 Å². The van der Waals surface area contributed by atoms with Gasteiger partial charge in [0.25, 0.3) is 0 Å². The highest BCUT2D eigenvalue weighted by Crippen LogP contribution is 2.28. The summed E-state index contributed by atoms with van der Waals surface area (Å²) in [7, 11) is 0. The number of aromatic nitrogens is 2. The number of nitrogens with one attached hydrogen (secondary N) is 1. The smallest absolute Gasteiger partial charge is 0.236 e. The number of amides is 1. The van der Waals surface area contributed by atoms with E-state index in [4.69, 9.17) is 4.98 Å². The van der Waals surface area contributed by atoms with Gasteiger partial charge in [-0.15, -0.1) is 0 Å². The zero-order chi connectivity index (χ0) is 15.0. The highest BCUT2D eigenvalue weighted by Gasteiger charge is 2.27. The fraction of sp³-hybridized carbons (Fsp3) is 0.500. The van der Waals surface area contributed by atoms with Crippen molar-refractivity contribution in [3.8, 4) is 0 Å². The Balaban J connectivity index is 1.72. The van der Waals surface area contributed by atoms with Gasteiger partial charge >= 0.3 is 0 Å². The van der Waals surface area contributed by atoms with E-state index in [2.05, 4.69) is 46.0 Å². The zero-order valence-electron chi connectivity index (χ0n) is 12.4. The Labute approximate surface area is 133 Å². The normalized spacial score (nSPS) is 18.1. The second-order valence-electron chi connectivity index (χ2n) is 5.86. The zero-order valence-corrected chi connectivity index (χ0v) is 14.0. The number of aromatic amines is 1. The third-order valence-corrected chi connectivity index (χ3v) is 4.58. The topological polar surface area (TPSA) is 49.0 Å². The first-order valence-corrected chi connectivity index (χ1v) is 8.35. The van der Waals surface area contributed by atoms with Gasteiger partial charge in [-0.05, 0) is 44.4 Å². The fourth-order valence-electron chi connectivity index (χ4n) is 2.96. The number of hydrogen-bond acceptors (Lipinski definition) is 2. The quantitative estimate of drug-likeness (QED) is 0.845. The molecule has 2 heterocycles. The maximum Gasteiger partial charge on any atom is 0.236 e. The number of rotatable bonds is 2. The Morgan fingerprint density at radius 1 is 1.43 bits per heavy atom. The summed E-state index contributed by atoms with van der Waals surface area (Å²) in [6.07, 6.45) is 1.95. The van der Waals surface area contributed by atoms with Crippen LogP contribution in [0.2, 0.25) is 0 Å². The van der Waals surface area contributed by atoms with E-state index >= 15 is 0 Å². The van der Waals surface area contributed by atoms with Gasteiger partial charge in [-0.1, -0.05) is 22.0 Å². The van der Waals surface area contributed by atoms with Gasteiger partial charge in [-0.25, -0.2) is 4.98 Å². The highest BCUT2D eigenvalue weighted by atomic mass is 79.9. The number of piperidine rings is 1. The van der Waals surface area contributed by atoms with E-state index in [-0.39, 0.29) is 10.7 Å². The molecule has 0 spiro atoms. The van der Waals surface area contributed by atoms with Gasteiger partial charge in [0.2, 0.25) is 5.91 Å². The van der Waals surface area contributed by atoms with Crippen molar-refractivity contribution in [2.24, 2.45) is 0 Å². The molecule has 0 bridgehead atoms. The van der Waals surface area contributed by atoms with E-state index in [0.29, 0.717) is 5.92 Å². The number of imidazole rings is 1. The maximum absolute atomic E-state index is 12.0. The third kappa shape index (κ3) is 2.98. The van der Waals surface area contributed by atoms with E-state index in [9.17, 15) is 4.79 Å². The highest BCUT2D eigenvalue weighted by molar-refractivity contribution is 9.10. The third-order valence-electron chi connectivity index (χ3n) is 4.19. The number of benzene rings is 1. The van der Waals surface area contributed by atoms with Crippen molar-refractivity contribution in [2.45, 2.75) is 37.4 Å². The molecule has 21 heavy (non-hydrogen) atoms. The molecule has 1 saturated heterocycles. The lowest BCUT2D eigenvalue weighted by molar-refractivity contribution is -0.131. The number of halogens is 1. The van der Waals surface area contributed by atoms with Crippen molar-refractivity contribution in [1.29, 1.82) is 0 Å². The lowest BCUT2D eigenvalue weighted by Gasteiger charge is -2.31. The molecular formula is C16H20BrN3O. The summed E-state index contributed by atoms with van der Waals surface area (Å²) in [5.74, 6) is 1.68. The molecule has 1 aliphatic heterocycles. The first-order chi connectivity index (χ1) is 10.0. The molecule has 5 heteroatoms. The molecule has 1 aromatic carbocycles. The average Bonchev–Trinajstić information content (AvgIpc) is 2.89. The Morgan fingerprint density at radius 3 is 2.81 bits per heavy atom. The molecule has 1 aromatic heterocycles. The summed E-state index contributed by atoms with van der Waals surface area (Å²) in [4.78, 5) is 22.0. The number of fused-ring (bicyclic) bond motifs is 1. The van der Waals surface area contributed by atoms with Crippen molar-refractivity contribution in [2.75, 3.05) is 13.1 Å². The summed E-state index contributed by atoms with van der Waals surface area (Å²) < 4.78 is 0. The van der Waals surface area contributed by atoms with E-state index in [1.165, 1.54) is 5.56 Å². The van der Waals surface area contributed by atoms with Crippen LogP contribution in [0, 0.1) is 6.92 Å². The molecule has 1 amide bonds. The Hall–Kier alpha value is -1.36. The number of alkyl halides is 1. The standard InChI is InChI=1S/C16H20BrN3O/c1-10-3-4-13-14(9-10)19-15(18-13)12-5-7-20(8-6-12)16(21)11(2)17/h3-4,9,11-12H,5-8H2,1-2H3,(H,18,19). The SMILES string of the molecule is Cc1ccc2nc(C3CCN(C(=O)C(C)Br)CC3)[nH]c2c1. The average molecular weight is 350 g/mol. The Kier molecular flexibility index (Phi) is 4.02. The largest absolute Gasteiger partial charge is 0.342 e. The van der Waals surface area contributed by atoms with E-state index < -0.39 is 0 Å². The molecule has 1 unspecified atom stereocenters. The van der Waals surface area contributed by atoms with Crippen LogP contribution < -0.4 is 0 Å². The summed E-state index contributed by atoms with van der Waals surface area (Å²) in [6.45, 7) is 5.60. The summed E-state index contributed by atoms with van der Waals surface area (Å²) in [6, 6.07) is 6.29. The first kappa shape index (κ1) is 14.6. The van der Waals surface area contributed by atoms with Gasteiger partial charge in [-0.2, -0.15) is 0 Å². The summed E-state index contributed by atoms with van der Waals surface area (Å²) >= 11 is 3.36. The number of H-pyrrole nitrogens is 1. The van der Waals surface area contributed by atoms with Crippen LogP contribution in [0.4, 0.5) is 0 Å². The van der Waals surface area contributed by atoms with Crippen LogP contribution in [-0.2, 0) is 4.79 Å². The number of likely N-dealkylation sites (tertiary alicyclic amines) is 1. The van der Waals surface area contributed by atoms with Crippen molar-refractivity contribution >= 4 is 32.9 Å². The Morgan fingerprint density at radius 2 is 2.14 bits per heavy atom. The minimum absolute atomic E-state index is 0.0942. The number of nitrogens with zero attached hydrogens (tertiary/aromatic N) is 2. The lowest BCUT2D eigenvalue weighted by Crippen LogP contribution is -2.41. The van der Waals surface area contributed by atoms with Gasteiger partial charge in [0, 0.05) is 19.0 Å². The summed E-state index contributed by atoms with van der Waals surface area (Å²) in [5, 5.41) is 0. The second-order valence-corrected chi connectivity index (χ2v) is 7.23. The van der Waals surface area contributed by atoms with Crippen LogP contribution in [0.3, 0.4) is 0 Å². The molecule has 0 saturated carbocycles. The monoisotopic (exact) mass is 349 g/mol. The molecule has 112 valence electrons. The number of hydrogen-bond donors (Lipinski definition) is 1. The van der Waals surface area contributed by atoms with E-state index in [1.54, 1.807) is 0 Å². The molecule has 1 atom stereocenters. The van der Waals surface area contributed by atoms with E-state index in [0.717, 1.165) is 42.8 Å². The minimum Gasteiger partial charge on any atom is -0.342 e. The predicted molar refractivity (Wildman–Crippen MR) is 87.8 cm³/mol. The van der Waals surface area contributed by atoms with Crippen LogP contribution in [0.25, 0.3) is 11.0 Å².